The van der Waals surface area contributed by atoms with Crippen LogP contribution in [0.25, 0.3) is 11.3 Å². The van der Waals surface area contributed by atoms with Crippen LogP contribution in [0.2, 0.25) is 10.0 Å². The lowest BCUT2D eigenvalue weighted by Gasteiger charge is -2.09. The molecule has 0 fully saturated rings. The van der Waals surface area contributed by atoms with Crippen LogP contribution in [0.5, 0.6) is 5.75 Å². The first-order valence-electron chi connectivity index (χ1n) is 8.10. The van der Waals surface area contributed by atoms with Gasteiger partial charge in [-0.2, -0.15) is 8.78 Å². The summed E-state index contributed by atoms with van der Waals surface area (Å²) in [5.41, 5.74) is 1.46. The molecule has 28 heavy (non-hydrogen) atoms. The van der Waals surface area contributed by atoms with Gasteiger partial charge in [-0.05, 0) is 24.3 Å². The van der Waals surface area contributed by atoms with Gasteiger partial charge in [-0.1, -0.05) is 35.3 Å². The van der Waals surface area contributed by atoms with Crippen LogP contribution < -0.4 is 10.1 Å². The van der Waals surface area contributed by atoms with Gasteiger partial charge in [0.1, 0.15) is 5.75 Å². The smallest absolute Gasteiger partial charge is 0.402 e. The van der Waals surface area contributed by atoms with Gasteiger partial charge in [0.2, 0.25) is 0 Å². The maximum atomic E-state index is 13.4. The van der Waals surface area contributed by atoms with Gasteiger partial charge in [0.25, 0.3) is 5.91 Å². The first-order valence-corrected chi connectivity index (χ1v) is 8.85. The molecular formula is C19H11Cl2F2N3O2. The Morgan fingerprint density at radius 3 is 2.61 bits per heavy atom. The third-order valence-electron chi connectivity index (χ3n) is 4.09. The molecule has 1 N–H and O–H groups in total. The number of halogens is 4. The molecule has 2 heterocycles. The van der Waals surface area contributed by atoms with Crippen molar-refractivity contribution in [3.8, 4) is 17.0 Å². The fourth-order valence-electron chi connectivity index (χ4n) is 2.81. The van der Waals surface area contributed by atoms with Crippen molar-refractivity contribution in [1.82, 2.24) is 9.97 Å². The van der Waals surface area contributed by atoms with Gasteiger partial charge in [0.05, 0.1) is 40.1 Å². The highest BCUT2D eigenvalue weighted by molar-refractivity contribution is 6.34. The third-order valence-corrected chi connectivity index (χ3v) is 4.74. The Balaban J connectivity index is 1.56. The molecule has 4 rings (SSSR count). The zero-order chi connectivity index (χ0) is 19.9. The van der Waals surface area contributed by atoms with Gasteiger partial charge in [-0.15, -0.1) is 0 Å². The summed E-state index contributed by atoms with van der Waals surface area (Å²) in [4.78, 5) is 20.6. The molecule has 5 nitrogen and oxygen atoms in total. The quantitative estimate of drug-likeness (QED) is 0.628. The summed E-state index contributed by atoms with van der Waals surface area (Å²) in [6.45, 7) is 0. The average molecular weight is 422 g/mol. The van der Waals surface area contributed by atoms with Crippen molar-refractivity contribution >= 4 is 34.9 Å². The second kappa shape index (κ2) is 7.00. The van der Waals surface area contributed by atoms with E-state index >= 15 is 0 Å². The second-order valence-corrected chi connectivity index (χ2v) is 6.89. The highest BCUT2D eigenvalue weighted by atomic mass is 35.5. The molecule has 1 aromatic heterocycles. The van der Waals surface area contributed by atoms with E-state index in [2.05, 4.69) is 20.0 Å². The van der Waals surface area contributed by atoms with Crippen molar-refractivity contribution in [3.05, 3.63) is 70.0 Å². The number of alkyl halides is 2. The Kier molecular flexibility index (Phi) is 4.64. The molecule has 9 heteroatoms. The van der Waals surface area contributed by atoms with Crippen molar-refractivity contribution in [2.75, 3.05) is 5.32 Å². The van der Waals surface area contributed by atoms with E-state index in [4.69, 9.17) is 23.2 Å². The molecule has 3 aromatic rings. The number of carbonyl (C=O) groups excluding carboxylic acids is 1. The van der Waals surface area contributed by atoms with Crippen molar-refractivity contribution in [2.45, 2.75) is 12.5 Å². The lowest BCUT2D eigenvalue weighted by atomic mass is 10.1. The molecular weight excluding hydrogens is 411 g/mol. The van der Waals surface area contributed by atoms with Gasteiger partial charge in [-0.25, -0.2) is 4.98 Å². The molecule has 1 aliphatic rings. The predicted molar refractivity (Wildman–Crippen MR) is 101 cm³/mol. The molecule has 0 atom stereocenters. The van der Waals surface area contributed by atoms with E-state index in [9.17, 15) is 13.6 Å². The predicted octanol–water partition coefficient (Wildman–Crippen LogP) is 5.23. The van der Waals surface area contributed by atoms with Crippen LogP contribution in [0.3, 0.4) is 0 Å². The molecule has 2 aromatic carbocycles. The summed E-state index contributed by atoms with van der Waals surface area (Å²) in [5, 5.41) is 3.12. The number of carbonyl (C=O) groups is 1. The lowest BCUT2D eigenvalue weighted by Crippen LogP contribution is -2.20. The van der Waals surface area contributed by atoms with Crippen molar-refractivity contribution in [3.63, 3.8) is 0 Å². The van der Waals surface area contributed by atoms with E-state index in [-0.39, 0.29) is 16.6 Å². The minimum absolute atomic E-state index is 0.0512. The van der Waals surface area contributed by atoms with Crippen molar-refractivity contribution in [2.24, 2.45) is 0 Å². The average Bonchev–Trinajstić information content (AvgIpc) is 2.95. The fraction of sp³-hybridized carbons (Fsp3) is 0.105. The fourth-order valence-corrected chi connectivity index (χ4v) is 3.28. The molecule has 142 valence electrons. The van der Waals surface area contributed by atoms with Gasteiger partial charge in [0.15, 0.2) is 5.82 Å². The third kappa shape index (κ3) is 3.63. The van der Waals surface area contributed by atoms with Crippen LogP contribution >= 0.6 is 23.2 Å². The van der Waals surface area contributed by atoms with Crippen LogP contribution in [0.4, 0.5) is 14.6 Å². The van der Waals surface area contributed by atoms with E-state index in [0.29, 0.717) is 27.4 Å². The van der Waals surface area contributed by atoms with E-state index in [1.807, 2.05) is 0 Å². The zero-order valence-corrected chi connectivity index (χ0v) is 15.6. The maximum absolute atomic E-state index is 13.4. The standard InChI is InChI=1S/C19H11Cl2F2N3O2/c20-13-4-2-1-3-11(13)18(27)26-17-9-24-15(8-25-17)12-5-10-7-19(22,23)28-16(10)6-14(12)21/h1-6,8-9H,7H2,(H,25,26,27). The number of amides is 1. The SMILES string of the molecule is O=C(Nc1cnc(-c2cc3c(cc2Cl)OC(F)(F)C3)cn1)c1ccccc1Cl. The van der Waals surface area contributed by atoms with Gasteiger partial charge >= 0.3 is 6.11 Å². The number of hydrogen-bond acceptors (Lipinski definition) is 4. The normalized spacial score (nSPS) is 14.3. The highest BCUT2D eigenvalue weighted by Crippen LogP contribution is 2.42. The van der Waals surface area contributed by atoms with Crippen LogP contribution in [-0.2, 0) is 6.42 Å². The first kappa shape index (κ1) is 18.6. The summed E-state index contributed by atoms with van der Waals surface area (Å²) in [6.07, 6.45) is -1.04. The first-order chi connectivity index (χ1) is 13.3. The number of hydrogen-bond donors (Lipinski definition) is 1. The summed E-state index contributed by atoms with van der Waals surface area (Å²) in [6, 6.07) is 9.44. The van der Waals surface area contributed by atoms with Gasteiger partial charge in [-0.3, -0.25) is 9.78 Å². The van der Waals surface area contributed by atoms with Crippen LogP contribution in [-0.4, -0.2) is 22.0 Å². The zero-order valence-electron chi connectivity index (χ0n) is 14.0. The lowest BCUT2D eigenvalue weighted by molar-refractivity contribution is -0.159. The Hall–Kier alpha value is -2.77. The Morgan fingerprint density at radius 2 is 1.89 bits per heavy atom. The topological polar surface area (TPSA) is 64.1 Å². The molecule has 0 saturated carbocycles. The van der Waals surface area contributed by atoms with Crippen LogP contribution in [0.15, 0.2) is 48.8 Å². The molecule has 0 radical (unpaired) electrons. The number of aromatic nitrogens is 2. The molecule has 0 spiro atoms. The number of ether oxygens (including phenoxy) is 1. The molecule has 0 saturated heterocycles. The molecule has 0 unspecified atom stereocenters. The number of nitrogens with one attached hydrogen (secondary N) is 1. The van der Waals surface area contributed by atoms with E-state index < -0.39 is 18.4 Å². The number of benzene rings is 2. The van der Waals surface area contributed by atoms with Gasteiger partial charge in [0, 0.05) is 11.1 Å². The Bertz CT molecular complexity index is 1080. The Labute approximate surface area is 168 Å². The van der Waals surface area contributed by atoms with Gasteiger partial charge < -0.3 is 10.1 Å². The number of fused-ring (bicyclic) bond motifs is 1. The van der Waals surface area contributed by atoms with Crippen molar-refractivity contribution in [1.29, 1.82) is 0 Å². The minimum Gasteiger partial charge on any atom is -0.432 e. The summed E-state index contributed by atoms with van der Waals surface area (Å²) >= 11 is 12.2. The number of nitrogens with zero attached hydrogens (tertiary/aromatic N) is 2. The monoisotopic (exact) mass is 421 g/mol. The van der Waals surface area contributed by atoms with E-state index in [0.717, 1.165) is 0 Å². The minimum atomic E-state index is -3.25. The number of rotatable bonds is 3. The molecule has 0 aliphatic carbocycles. The second-order valence-electron chi connectivity index (χ2n) is 6.08. The molecule has 1 amide bonds. The summed E-state index contributed by atoms with van der Waals surface area (Å²) in [7, 11) is 0. The maximum Gasteiger partial charge on any atom is 0.402 e. The molecule has 1 aliphatic heterocycles. The molecule has 0 bridgehead atoms. The van der Waals surface area contributed by atoms with E-state index in [1.54, 1.807) is 24.3 Å². The van der Waals surface area contributed by atoms with Crippen LogP contribution in [0, 0.1) is 0 Å². The summed E-state index contributed by atoms with van der Waals surface area (Å²) in [5.74, 6) is -0.168. The highest BCUT2D eigenvalue weighted by Gasteiger charge is 2.40. The van der Waals surface area contributed by atoms with E-state index in [1.165, 1.54) is 24.5 Å². The summed E-state index contributed by atoms with van der Waals surface area (Å²) < 4.78 is 31.4. The Morgan fingerprint density at radius 1 is 1.11 bits per heavy atom. The van der Waals surface area contributed by atoms with Crippen molar-refractivity contribution < 1.29 is 18.3 Å². The number of anilines is 1. The largest absolute Gasteiger partial charge is 0.432 e. The van der Waals surface area contributed by atoms with Crippen LogP contribution in [0.1, 0.15) is 15.9 Å².